The summed E-state index contributed by atoms with van der Waals surface area (Å²) in [7, 11) is 0. The van der Waals surface area contributed by atoms with Crippen molar-refractivity contribution in [2.24, 2.45) is 0 Å². The van der Waals surface area contributed by atoms with Gasteiger partial charge in [0.25, 0.3) is 5.69 Å². The quantitative estimate of drug-likeness (QED) is 0.646. The molecule has 1 aliphatic heterocycles. The van der Waals surface area contributed by atoms with Crippen LogP contribution >= 0.6 is 0 Å². The molecule has 22 heavy (non-hydrogen) atoms. The fourth-order valence-corrected chi connectivity index (χ4v) is 2.74. The summed E-state index contributed by atoms with van der Waals surface area (Å²) in [6, 6.07) is 13.2. The molecule has 1 heterocycles. The lowest BCUT2D eigenvalue weighted by atomic mass is 10.2. The first-order valence-electron chi connectivity index (χ1n) is 7.14. The maximum Gasteiger partial charge on any atom is 0.292 e. The third-order valence-corrected chi connectivity index (χ3v) is 3.89. The molecular weight excluding hydrogens is 285 g/mol. The highest BCUT2D eigenvalue weighted by Crippen LogP contribution is 2.29. The monoisotopic (exact) mass is 301 g/mol. The fourth-order valence-electron chi connectivity index (χ4n) is 2.74. The normalized spacial score (nSPS) is 15.0. The predicted octanol–water partition coefficient (Wildman–Crippen LogP) is 3.06. The minimum atomic E-state index is -0.346. The van der Waals surface area contributed by atoms with Gasteiger partial charge in [-0.1, -0.05) is 12.1 Å². The summed E-state index contributed by atoms with van der Waals surface area (Å²) in [5.41, 5.74) is 1.77. The molecule has 0 saturated carbocycles. The van der Waals surface area contributed by atoms with E-state index in [1.165, 1.54) is 18.2 Å². The molecule has 0 bridgehead atoms. The van der Waals surface area contributed by atoms with Crippen LogP contribution in [0.1, 0.15) is 0 Å². The third kappa shape index (κ3) is 2.86. The second kappa shape index (κ2) is 6.01. The number of nitro groups is 1. The van der Waals surface area contributed by atoms with E-state index in [0.29, 0.717) is 18.8 Å². The minimum Gasteiger partial charge on any atom is -0.368 e. The second-order valence-corrected chi connectivity index (χ2v) is 5.20. The van der Waals surface area contributed by atoms with E-state index in [4.69, 9.17) is 0 Å². The second-order valence-electron chi connectivity index (χ2n) is 5.20. The van der Waals surface area contributed by atoms with E-state index in [0.717, 1.165) is 18.8 Å². The number of piperazine rings is 1. The fraction of sp³-hybridized carbons (Fsp3) is 0.250. The van der Waals surface area contributed by atoms with Crippen molar-refractivity contribution in [3.05, 3.63) is 64.5 Å². The van der Waals surface area contributed by atoms with Crippen molar-refractivity contribution in [3.63, 3.8) is 0 Å². The number of benzene rings is 2. The Bertz CT molecular complexity index is 667. The van der Waals surface area contributed by atoms with E-state index < -0.39 is 0 Å². The highest BCUT2D eigenvalue weighted by atomic mass is 19.1. The molecule has 1 saturated heterocycles. The molecule has 1 fully saturated rings. The Morgan fingerprint density at radius 3 is 2.14 bits per heavy atom. The number of rotatable bonds is 3. The molecule has 1 aliphatic rings. The Morgan fingerprint density at radius 2 is 1.50 bits per heavy atom. The number of anilines is 2. The van der Waals surface area contributed by atoms with Crippen LogP contribution in [0, 0.1) is 15.9 Å². The van der Waals surface area contributed by atoms with Crippen molar-refractivity contribution in [2.45, 2.75) is 0 Å². The van der Waals surface area contributed by atoms with Crippen molar-refractivity contribution >= 4 is 17.1 Å². The van der Waals surface area contributed by atoms with Gasteiger partial charge in [0.05, 0.1) is 4.92 Å². The average Bonchev–Trinajstić information content (AvgIpc) is 2.56. The third-order valence-electron chi connectivity index (χ3n) is 3.89. The van der Waals surface area contributed by atoms with E-state index in [-0.39, 0.29) is 16.4 Å². The molecule has 0 spiro atoms. The van der Waals surface area contributed by atoms with Gasteiger partial charge in [0.2, 0.25) is 0 Å². The van der Waals surface area contributed by atoms with Crippen LogP contribution < -0.4 is 9.80 Å². The van der Waals surface area contributed by atoms with Crippen LogP contribution in [0.2, 0.25) is 0 Å². The summed E-state index contributed by atoms with van der Waals surface area (Å²) < 4.78 is 13.0. The molecule has 0 atom stereocenters. The summed E-state index contributed by atoms with van der Waals surface area (Å²) in [6.07, 6.45) is 0. The zero-order chi connectivity index (χ0) is 15.5. The molecule has 0 radical (unpaired) electrons. The minimum absolute atomic E-state index is 0.137. The molecule has 0 N–H and O–H groups in total. The van der Waals surface area contributed by atoms with Gasteiger partial charge in [0.15, 0.2) is 0 Å². The van der Waals surface area contributed by atoms with Crippen LogP contribution in [0.15, 0.2) is 48.5 Å². The Labute approximate surface area is 127 Å². The Morgan fingerprint density at radius 1 is 0.909 bits per heavy atom. The number of hydrogen-bond acceptors (Lipinski definition) is 4. The Balaban J connectivity index is 1.72. The Kier molecular flexibility index (Phi) is 3.91. The number of nitro benzene ring substituents is 1. The van der Waals surface area contributed by atoms with Gasteiger partial charge < -0.3 is 9.80 Å². The van der Waals surface area contributed by atoms with Crippen LogP contribution in [0.3, 0.4) is 0 Å². The van der Waals surface area contributed by atoms with Gasteiger partial charge in [-0.25, -0.2) is 4.39 Å². The molecule has 114 valence electrons. The van der Waals surface area contributed by atoms with Crippen LogP contribution in [-0.4, -0.2) is 31.1 Å². The zero-order valence-electron chi connectivity index (χ0n) is 12.0. The molecule has 3 rings (SSSR count). The maximum absolute atomic E-state index is 13.0. The summed E-state index contributed by atoms with van der Waals surface area (Å²) in [6.45, 7) is 2.89. The topological polar surface area (TPSA) is 49.6 Å². The smallest absolute Gasteiger partial charge is 0.292 e. The lowest BCUT2D eigenvalue weighted by Gasteiger charge is -2.37. The number of halogens is 1. The first-order valence-corrected chi connectivity index (χ1v) is 7.14. The molecule has 0 unspecified atom stereocenters. The number of para-hydroxylation sites is 2. The summed E-state index contributed by atoms with van der Waals surface area (Å²) >= 11 is 0. The molecule has 2 aromatic carbocycles. The molecular formula is C16H16FN3O2. The highest BCUT2D eigenvalue weighted by Gasteiger charge is 2.23. The first-order chi connectivity index (χ1) is 10.6. The molecule has 0 aromatic heterocycles. The van der Waals surface area contributed by atoms with Gasteiger partial charge >= 0.3 is 0 Å². The molecule has 0 aliphatic carbocycles. The van der Waals surface area contributed by atoms with Crippen molar-refractivity contribution < 1.29 is 9.31 Å². The van der Waals surface area contributed by atoms with Crippen LogP contribution in [-0.2, 0) is 0 Å². The van der Waals surface area contributed by atoms with Gasteiger partial charge in [0.1, 0.15) is 11.5 Å². The van der Waals surface area contributed by atoms with Gasteiger partial charge in [0, 0.05) is 37.9 Å². The molecule has 0 amide bonds. The molecule has 2 aromatic rings. The SMILES string of the molecule is O=[N+]([O-])c1ccccc1N1CCN(c2ccc(F)cc2)CC1. The maximum atomic E-state index is 13.0. The largest absolute Gasteiger partial charge is 0.368 e. The zero-order valence-corrected chi connectivity index (χ0v) is 12.0. The lowest BCUT2D eigenvalue weighted by molar-refractivity contribution is -0.384. The van der Waals surface area contributed by atoms with Gasteiger partial charge in [-0.2, -0.15) is 0 Å². The lowest BCUT2D eigenvalue weighted by Crippen LogP contribution is -2.46. The standard InChI is InChI=1S/C16H16FN3O2/c17-13-5-7-14(8-6-13)18-9-11-19(12-10-18)15-3-1-2-4-16(15)20(21)22/h1-8H,9-12H2. The molecule has 5 nitrogen and oxygen atoms in total. The van der Waals surface area contributed by atoms with Gasteiger partial charge in [-0.15, -0.1) is 0 Å². The van der Waals surface area contributed by atoms with Gasteiger partial charge in [-0.3, -0.25) is 10.1 Å². The highest BCUT2D eigenvalue weighted by molar-refractivity contribution is 5.64. The summed E-state index contributed by atoms with van der Waals surface area (Å²) in [4.78, 5) is 15.0. The van der Waals surface area contributed by atoms with Crippen LogP contribution in [0.5, 0.6) is 0 Å². The van der Waals surface area contributed by atoms with Crippen LogP contribution in [0.25, 0.3) is 0 Å². The molecule has 6 heteroatoms. The van der Waals surface area contributed by atoms with Crippen molar-refractivity contribution in [1.29, 1.82) is 0 Å². The van der Waals surface area contributed by atoms with Gasteiger partial charge in [-0.05, 0) is 30.3 Å². The number of nitrogens with zero attached hydrogens (tertiary/aromatic N) is 3. The van der Waals surface area contributed by atoms with Crippen molar-refractivity contribution in [1.82, 2.24) is 0 Å². The van der Waals surface area contributed by atoms with E-state index in [2.05, 4.69) is 4.90 Å². The first kappa shape index (κ1) is 14.3. The summed E-state index contributed by atoms with van der Waals surface area (Å²) in [5.74, 6) is -0.248. The van der Waals surface area contributed by atoms with Crippen LogP contribution in [0.4, 0.5) is 21.5 Å². The van der Waals surface area contributed by atoms with E-state index in [9.17, 15) is 14.5 Å². The van der Waals surface area contributed by atoms with Crippen molar-refractivity contribution in [2.75, 3.05) is 36.0 Å². The predicted molar refractivity (Wildman–Crippen MR) is 83.9 cm³/mol. The van der Waals surface area contributed by atoms with E-state index >= 15 is 0 Å². The summed E-state index contributed by atoms with van der Waals surface area (Å²) in [5, 5.41) is 11.1. The van der Waals surface area contributed by atoms with E-state index in [1.54, 1.807) is 24.3 Å². The number of hydrogen-bond donors (Lipinski definition) is 0. The van der Waals surface area contributed by atoms with Crippen molar-refractivity contribution in [3.8, 4) is 0 Å². The van der Waals surface area contributed by atoms with E-state index in [1.807, 2.05) is 11.0 Å². The Hall–Kier alpha value is -2.63. The average molecular weight is 301 g/mol.